The fourth-order valence-corrected chi connectivity index (χ4v) is 3.15. The van der Waals surface area contributed by atoms with Crippen molar-refractivity contribution >= 4 is 5.82 Å². The van der Waals surface area contributed by atoms with Crippen LogP contribution in [-0.4, -0.2) is 19.1 Å². The summed E-state index contributed by atoms with van der Waals surface area (Å²) < 4.78 is 3.52. The average molecular weight is 371 g/mol. The first-order valence-corrected chi connectivity index (χ1v) is 9.13. The molecule has 0 radical (unpaired) electrons. The second-order valence-electron chi connectivity index (χ2n) is 6.84. The van der Waals surface area contributed by atoms with Crippen molar-refractivity contribution in [2.45, 2.75) is 19.9 Å². The second kappa shape index (κ2) is 7.15. The molecule has 6 heteroatoms. The minimum absolute atomic E-state index is 0.0401. The van der Waals surface area contributed by atoms with Gasteiger partial charge in [0.25, 0.3) is 5.56 Å². The Balaban J connectivity index is 2.00. The summed E-state index contributed by atoms with van der Waals surface area (Å²) >= 11 is 0. The summed E-state index contributed by atoms with van der Waals surface area (Å²) in [6, 6.07) is 17.0. The molecule has 28 heavy (non-hydrogen) atoms. The van der Waals surface area contributed by atoms with Gasteiger partial charge in [-0.3, -0.25) is 4.79 Å². The Morgan fingerprint density at radius 3 is 2.21 bits per heavy atom. The third-order valence-corrected chi connectivity index (χ3v) is 4.57. The monoisotopic (exact) mass is 371 g/mol. The minimum Gasteiger partial charge on any atom is -0.381 e. The molecule has 1 aromatic carbocycles. The predicted molar refractivity (Wildman–Crippen MR) is 111 cm³/mol. The molecule has 3 aromatic heterocycles. The molecule has 6 nitrogen and oxygen atoms in total. The molecule has 0 aliphatic rings. The lowest BCUT2D eigenvalue weighted by molar-refractivity contribution is 0.579. The van der Waals surface area contributed by atoms with E-state index in [1.807, 2.05) is 79.5 Å². The number of aromatic nitrogens is 4. The number of anilines is 1. The molecule has 0 saturated heterocycles. The molecule has 0 bridgehead atoms. The van der Waals surface area contributed by atoms with Crippen LogP contribution in [0.3, 0.4) is 0 Å². The zero-order valence-corrected chi connectivity index (χ0v) is 15.8. The van der Waals surface area contributed by atoms with E-state index in [2.05, 4.69) is 4.98 Å². The zero-order valence-electron chi connectivity index (χ0n) is 15.8. The summed E-state index contributed by atoms with van der Waals surface area (Å²) in [6.07, 6.45) is 5.59. The van der Waals surface area contributed by atoms with Crippen molar-refractivity contribution in [2.75, 3.05) is 5.73 Å². The highest BCUT2D eigenvalue weighted by Crippen LogP contribution is 2.31. The Bertz CT molecular complexity index is 1160. The molecule has 3 heterocycles. The van der Waals surface area contributed by atoms with Gasteiger partial charge in [-0.1, -0.05) is 30.3 Å². The van der Waals surface area contributed by atoms with Crippen molar-refractivity contribution in [3.8, 4) is 28.3 Å². The predicted octanol–water partition coefficient (Wildman–Crippen LogP) is 3.93. The van der Waals surface area contributed by atoms with Crippen LogP contribution in [0.2, 0.25) is 0 Å². The van der Waals surface area contributed by atoms with E-state index in [0.717, 1.165) is 11.1 Å². The van der Waals surface area contributed by atoms with E-state index in [4.69, 9.17) is 10.7 Å². The molecule has 0 atom stereocenters. The summed E-state index contributed by atoms with van der Waals surface area (Å²) in [5, 5.41) is 0. The Morgan fingerprint density at radius 2 is 1.54 bits per heavy atom. The Morgan fingerprint density at radius 1 is 0.857 bits per heavy atom. The Kier molecular flexibility index (Phi) is 4.53. The zero-order chi connectivity index (χ0) is 19.7. The molecule has 140 valence electrons. The Hall–Kier alpha value is -3.67. The molecule has 2 N–H and O–H groups in total. The number of hydrogen-bond donors (Lipinski definition) is 1. The summed E-state index contributed by atoms with van der Waals surface area (Å²) in [6.45, 7) is 3.95. The van der Waals surface area contributed by atoms with Crippen LogP contribution in [0, 0.1) is 0 Å². The third kappa shape index (κ3) is 3.20. The first kappa shape index (κ1) is 17.7. The fraction of sp³-hybridized carbons (Fsp3) is 0.136. The molecule has 0 amide bonds. The molecule has 4 rings (SSSR count). The van der Waals surface area contributed by atoms with Crippen molar-refractivity contribution in [3.05, 3.63) is 83.5 Å². The van der Waals surface area contributed by atoms with Gasteiger partial charge in [0.1, 0.15) is 5.69 Å². The highest BCUT2D eigenvalue weighted by molar-refractivity contribution is 5.79. The second-order valence-corrected chi connectivity index (χ2v) is 6.84. The van der Waals surface area contributed by atoms with Gasteiger partial charge in [-0.15, -0.1) is 0 Å². The maximum absolute atomic E-state index is 12.2. The highest BCUT2D eigenvalue weighted by Gasteiger charge is 2.17. The highest BCUT2D eigenvalue weighted by atomic mass is 16.1. The standard InChI is InChI=1S/C22H21N5O/c1-15(2)27-14-17(10-11-18(27)28)20-19(16-8-4-3-5-9-16)24-21(23)22(25-20)26-12-6-7-13-26/h3-15H,1-2H3,(H2,23,24). The maximum Gasteiger partial charge on any atom is 0.250 e. The summed E-state index contributed by atoms with van der Waals surface area (Å²) in [5.74, 6) is 0.901. The van der Waals surface area contributed by atoms with E-state index < -0.39 is 0 Å². The largest absolute Gasteiger partial charge is 0.381 e. The minimum atomic E-state index is -0.0472. The lowest BCUT2D eigenvalue weighted by Gasteiger charge is -2.16. The molecule has 0 aliphatic heterocycles. The number of nitrogens with two attached hydrogens (primary N) is 1. The molecule has 0 saturated carbocycles. The molecule has 0 aliphatic carbocycles. The number of rotatable bonds is 4. The van der Waals surface area contributed by atoms with Gasteiger partial charge in [-0.05, 0) is 32.0 Å². The van der Waals surface area contributed by atoms with Crippen LogP contribution >= 0.6 is 0 Å². The summed E-state index contributed by atoms with van der Waals surface area (Å²) in [7, 11) is 0. The molecule has 0 unspecified atom stereocenters. The van der Waals surface area contributed by atoms with E-state index >= 15 is 0 Å². The molecule has 0 fully saturated rings. The molecule has 0 spiro atoms. The molecular weight excluding hydrogens is 350 g/mol. The van der Waals surface area contributed by atoms with Crippen LogP contribution in [-0.2, 0) is 0 Å². The first-order valence-electron chi connectivity index (χ1n) is 9.13. The van der Waals surface area contributed by atoms with Crippen LogP contribution in [0.1, 0.15) is 19.9 Å². The molecular formula is C22H21N5O. The normalized spacial score (nSPS) is 11.1. The van der Waals surface area contributed by atoms with Crippen LogP contribution < -0.4 is 11.3 Å². The third-order valence-electron chi connectivity index (χ3n) is 4.57. The van der Waals surface area contributed by atoms with Gasteiger partial charge in [0, 0.05) is 41.8 Å². The van der Waals surface area contributed by atoms with Crippen LogP contribution in [0.5, 0.6) is 0 Å². The lowest BCUT2D eigenvalue weighted by atomic mass is 10.1. The van der Waals surface area contributed by atoms with E-state index in [9.17, 15) is 4.79 Å². The quantitative estimate of drug-likeness (QED) is 0.590. The number of benzene rings is 1. The van der Waals surface area contributed by atoms with Gasteiger partial charge >= 0.3 is 0 Å². The van der Waals surface area contributed by atoms with Gasteiger partial charge in [-0.2, -0.15) is 0 Å². The van der Waals surface area contributed by atoms with Gasteiger partial charge in [0.05, 0.1) is 5.69 Å². The van der Waals surface area contributed by atoms with Gasteiger partial charge in [-0.25, -0.2) is 9.97 Å². The topological polar surface area (TPSA) is 78.7 Å². The summed E-state index contributed by atoms with van der Waals surface area (Å²) in [4.78, 5) is 21.7. The van der Waals surface area contributed by atoms with Crippen LogP contribution in [0.15, 0.2) is 78.0 Å². The van der Waals surface area contributed by atoms with Crippen LogP contribution in [0.4, 0.5) is 5.82 Å². The van der Waals surface area contributed by atoms with Gasteiger partial charge in [0.2, 0.25) is 0 Å². The van der Waals surface area contributed by atoms with E-state index in [0.29, 0.717) is 23.0 Å². The number of nitrogen functional groups attached to an aromatic ring is 1. The molecule has 4 aromatic rings. The van der Waals surface area contributed by atoms with E-state index in [1.165, 1.54) is 0 Å². The fourth-order valence-electron chi connectivity index (χ4n) is 3.15. The van der Waals surface area contributed by atoms with Gasteiger partial charge in [0.15, 0.2) is 11.6 Å². The summed E-state index contributed by atoms with van der Waals surface area (Å²) in [5.41, 5.74) is 9.29. The van der Waals surface area contributed by atoms with Crippen molar-refractivity contribution < 1.29 is 0 Å². The maximum atomic E-state index is 12.2. The Labute approximate surface area is 162 Å². The van der Waals surface area contributed by atoms with Gasteiger partial charge < -0.3 is 14.9 Å². The van der Waals surface area contributed by atoms with E-state index in [-0.39, 0.29) is 11.6 Å². The van der Waals surface area contributed by atoms with Crippen molar-refractivity contribution in [1.82, 2.24) is 19.1 Å². The average Bonchev–Trinajstić information content (AvgIpc) is 3.23. The number of nitrogens with zero attached hydrogens (tertiary/aromatic N) is 4. The smallest absolute Gasteiger partial charge is 0.250 e. The SMILES string of the molecule is CC(C)n1cc(-c2nc(-n3cccc3)c(N)nc2-c2ccccc2)ccc1=O. The number of hydrogen-bond acceptors (Lipinski definition) is 4. The van der Waals surface area contributed by atoms with Crippen molar-refractivity contribution in [3.63, 3.8) is 0 Å². The van der Waals surface area contributed by atoms with E-state index in [1.54, 1.807) is 16.7 Å². The lowest BCUT2D eigenvalue weighted by Crippen LogP contribution is -2.20. The first-order chi connectivity index (χ1) is 13.5. The van der Waals surface area contributed by atoms with Crippen molar-refractivity contribution in [1.29, 1.82) is 0 Å². The number of pyridine rings is 1. The van der Waals surface area contributed by atoms with Crippen LogP contribution in [0.25, 0.3) is 28.3 Å². The van der Waals surface area contributed by atoms with Crippen molar-refractivity contribution in [2.24, 2.45) is 0 Å².